The fourth-order valence-corrected chi connectivity index (χ4v) is 1.01. The molecule has 74 valence electrons. The van der Waals surface area contributed by atoms with Crippen LogP contribution in [-0.4, -0.2) is 19.9 Å². The number of benzene rings is 1. The van der Waals surface area contributed by atoms with Crippen molar-refractivity contribution in [2.45, 2.75) is 0 Å². The van der Waals surface area contributed by atoms with Gasteiger partial charge in [-0.15, -0.1) is 0 Å². The maximum Gasteiger partial charge on any atom is 0.181 e. The molecule has 1 aromatic carbocycles. The van der Waals surface area contributed by atoms with Crippen molar-refractivity contribution in [1.82, 2.24) is 19.9 Å². The molecule has 15 heavy (non-hydrogen) atoms. The molecule has 0 saturated heterocycles. The van der Waals surface area contributed by atoms with Gasteiger partial charge in [-0.3, -0.25) is 0 Å². The summed E-state index contributed by atoms with van der Waals surface area (Å²) < 4.78 is 5.01. The van der Waals surface area contributed by atoms with Crippen molar-refractivity contribution >= 4 is 11.1 Å². The van der Waals surface area contributed by atoms with Crippen LogP contribution in [0.1, 0.15) is 0 Å². The van der Waals surface area contributed by atoms with E-state index in [2.05, 4.69) is 19.9 Å². The maximum atomic E-state index is 5.01. The van der Waals surface area contributed by atoms with Crippen LogP contribution in [0.5, 0.6) is 0 Å². The number of fused-ring (bicyclic) bond motifs is 1. The molecule has 0 spiro atoms. The minimum Gasteiger partial charge on any atom is -0.443 e. The molecule has 0 saturated carbocycles. The first-order valence-electron chi connectivity index (χ1n) is 4.30. The number of hydrogen-bond acceptors (Lipinski definition) is 5. The van der Waals surface area contributed by atoms with E-state index in [1.807, 2.05) is 24.3 Å². The van der Waals surface area contributed by atoms with Crippen LogP contribution in [0.4, 0.5) is 0 Å². The molecule has 5 nitrogen and oxygen atoms in total. The third kappa shape index (κ3) is 2.57. The Hall–Kier alpha value is -2.30. The second kappa shape index (κ2) is 4.80. The average molecular weight is 200 g/mol. The summed E-state index contributed by atoms with van der Waals surface area (Å²) in [7, 11) is 0. The molecule has 0 unspecified atom stereocenters. The first-order valence-corrected chi connectivity index (χ1v) is 4.30. The van der Waals surface area contributed by atoms with Crippen LogP contribution in [0.25, 0.3) is 11.1 Å². The van der Waals surface area contributed by atoms with Gasteiger partial charge in [0.15, 0.2) is 12.0 Å². The lowest BCUT2D eigenvalue weighted by Gasteiger charge is -1.79. The van der Waals surface area contributed by atoms with Gasteiger partial charge in [0.1, 0.15) is 24.5 Å². The van der Waals surface area contributed by atoms with E-state index < -0.39 is 0 Å². The molecule has 0 bridgehead atoms. The lowest BCUT2D eigenvalue weighted by Crippen LogP contribution is -1.73. The van der Waals surface area contributed by atoms with Crippen molar-refractivity contribution in [2.24, 2.45) is 0 Å². The summed E-state index contributed by atoms with van der Waals surface area (Å²) in [6, 6.07) is 7.67. The van der Waals surface area contributed by atoms with Gasteiger partial charge >= 0.3 is 0 Å². The highest BCUT2D eigenvalue weighted by molar-refractivity contribution is 5.71. The molecule has 0 atom stereocenters. The molecule has 0 N–H and O–H groups in total. The summed E-state index contributed by atoms with van der Waals surface area (Å²) in [6.07, 6.45) is 5.76. The number of hydrogen-bond donors (Lipinski definition) is 0. The SMILES string of the molecule is c1ccc2ocnc2c1.c1ncncn1. The number of oxazole rings is 1. The highest BCUT2D eigenvalue weighted by Crippen LogP contribution is 2.09. The Morgan fingerprint density at radius 3 is 2.13 bits per heavy atom. The largest absolute Gasteiger partial charge is 0.443 e. The third-order valence-corrected chi connectivity index (χ3v) is 1.64. The Balaban J connectivity index is 0.000000124. The Kier molecular flexibility index (Phi) is 2.97. The van der Waals surface area contributed by atoms with E-state index >= 15 is 0 Å². The first-order chi connectivity index (χ1) is 7.47. The Morgan fingerprint density at radius 1 is 0.867 bits per heavy atom. The molecule has 5 heteroatoms. The molecule has 0 fully saturated rings. The van der Waals surface area contributed by atoms with Crippen molar-refractivity contribution in [3.05, 3.63) is 49.6 Å². The van der Waals surface area contributed by atoms with Crippen LogP contribution < -0.4 is 0 Å². The van der Waals surface area contributed by atoms with Crippen molar-refractivity contribution in [2.75, 3.05) is 0 Å². The van der Waals surface area contributed by atoms with Crippen molar-refractivity contribution in [3.8, 4) is 0 Å². The predicted molar refractivity (Wildman–Crippen MR) is 53.8 cm³/mol. The van der Waals surface area contributed by atoms with Gasteiger partial charge in [0, 0.05) is 0 Å². The summed E-state index contributed by atoms with van der Waals surface area (Å²) in [6.45, 7) is 0. The van der Waals surface area contributed by atoms with E-state index in [1.165, 1.54) is 25.4 Å². The summed E-state index contributed by atoms with van der Waals surface area (Å²) in [5, 5.41) is 0. The molecule has 0 aliphatic carbocycles. The van der Waals surface area contributed by atoms with Gasteiger partial charge in [-0.1, -0.05) is 12.1 Å². The van der Waals surface area contributed by atoms with Gasteiger partial charge in [0.2, 0.25) is 0 Å². The maximum absolute atomic E-state index is 5.01. The summed E-state index contributed by atoms with van der Waals surface area (Å²) in [4.78, 5) is 14.6. The van der Waals surface area contributed by atoms with Gasteiger partial charge in [-0.05, 0) is 12.1 Å². The second-order valence-corrected chi connectivity index (χ2v) is 2.61. The highest BCUT2D eigenvalue weighted by atomic mass is 16.3. The zero-order chi connectivity index (χ0) is 10.3. The monoisotopic (exact) mass is 200 g/mol. The Bertz CT molecular complexity index is 452. The molecule has 3 rings (SSSR count). The fraction of sp³-hybridized carbons (Fsp3) is 0. The lowest BCUT2D eigenvalue weighted by atomic mass is 10.3. The van der Waals surface area contributed by atoms with E-state index in [4.69, 9.17) is 4.42 Å². The van der Waals surface area contributed by atoms with Crippen LogP contribution in [-0.2, 0) is 0 Å². The van der Waals surface area contributed by atoms with Gasteiger partial charge in [0.25, 0.3) is 0 Å². The zero-order valence-electron chi connectivity index (χ0n) is 7.82. The minimum absolute atomic E-state index is 0.845. The smallest absolute Gasteiger partial charge is 0.181 e. The minimum atomic E-state index is 0.845. The van der Waals surface area contributed by atoms with Crippen molar-refractivity contribution < 1.29 is 4.42 Å². The molecular formula is C10H8N4O. The molecule has 0 radical (unpaired) electrons. The molecule has 3 aromatic rings. The third-order valence-electron chi connectivity index (χ3n) is 1.64. The molecule has 0 aliphatic rings. The Labute approximate surface area is 85.8 Å². The van der Waals surface area contributed by atoms with Gasteiger partial charge in [-0.25, -0.2) is 19.9 Å². The van der Waals surface area contributed by atoms with Gasteiger partial charge < -0.3 is 4.42 Å². The standard InChI is InChI=1S/C7H5NO.C3H3N3/c1-2-4-7-6(3-1)8-5-9-7;1-4-2-6-3-5-1/h1-5H;1-3H. The van der Waals surface area contributed by atoms with E-state index in [0.717, 1.165) is 11.1 Å². The summed E-state index contributed by atoms with van der Waals surface area (Å²) in [5.74, 6) is 0. The molecular weight excluding hydrogens is 192 g/mol. The van der Waals surface area contributed by atoms with Crippen LogP contribution >= 0.6 is 0 Å². The zero-order valence-corrected chi connectivity index (χ0v) is 7.82. The van der Waals surface area contributed by atoms with Gasteiger partial charge in [0.05, 0.1) is 0 Å². The highest BCUT2D eigenvalue weighted by Gasteiger charge is 1.91. The molecule has 2 heterocycles. The number of para-hydroxylation sites is 2. The summed E-state index contributed by atoms with van der Waals surface area (Å²) >= 11 is 0. The average Bonchev–Trinajstić information content (AvgIpc) is 2.80. The first kappa shape index (κ1) is 9.26. The lowest BCUT2D eigenvalue weighted by molar-refractivity contribution is 0.602. The molecule has 0 aliphatic heterocycles. The number of aromatic nitrogens is 4. The predicted octanol–water partition coefficient (Wildman–Crippen LogP) is 1.70. The van der Waals surface area contributed by atoms with E-state index in [9.17, 15) is 0 Å². The second-order valence-electron chi connectivity index (χ2n) is 2.61. The number of rotatable bonds is 0. The van der Waals surface area contributed by atoms with E-state index in [-0.39, 0.29) is 0 Å². The van der Waals surface area contributed by atoms with E-state index in [0.29, 0.717) is 0 Å². The van der Waals surface area contributed by atoms with Gasteiger partial charge in [-0.2, -0.15) is 0 Å². The Morgan fingerprint density at radius 2 is 1.53 bits per heavy atom. The molecule has 2 aromatic heterocycles. The normalized spacial score (nSPS) is 9.33. The quantitative estimate of drug-likeness (QED) is 0.552. The van der Waals surface area contributed by atoms with Crippen LogP contribution in [0.2, 0.25) is 0 Å². The fourth-order valence-electron chi connectivity index (χ4n) is 1.01. The van der Waals surface area contributed by atoms with Crippen molar-refractivity contribution in [3.63, 3.8) is 0 Å². The van der Waals surface area contributed by atoms with Crippen LogP contribution in [0.15, 0.2) is 54.1 Å². The van der Waals surface area contributed by atoms with Crippen LogP contribution in [0.3, 0.4) is 0 Å². The molecule has 0 amide bonds. The van der Waals surface area contributed by atoms with Crippen LogP contribution in [0, 0.1) is 0 Å². The topological polar surface area (TPSA) is 64.7 Å². The van der Waals surface area contributed by atoms with Crippen molar-refractivity contribution in [1.29, 1.82) is 0 Å². The van der Waals surface area contributed by atoms with E-state index in [1.54, 1.807) is 0 Å². The summed E-state index contributed by atoms with van der Waals surface area (Å²) in [5.41, 5.74) is 1.76. The number of nitrogens with zero attached hydrogens (tertiary/aromatic N) is 4.